The van der Waals surface area contributed by atoms with E-state index < -0.39 is 10.0 Å². The summed E-state index contributed by atoms with van der Waals surface area (Å²) in [6, 6.07) is 18.1. The number of nitrogens with zero attached hydrogens (tertiary/aromatic N) is 1. The molecule has 5 nitrogen and oxygen atoms in total. The van der Waals surface area contributed by atoms with Gasteiger partial charge in [0.2, 0.25) is 10.0 Å². The van der Waals surface area contributed by atoms with Gasteiger partial charge in [-0.05, 0) is 60.3 Å². The molecule has 0 aliphatic carbocycles. The molecule has 28 heavy (non-hydrogen) atoms. The summed E-state index contributed by atoms with van der Waals surface area (Å²) in [7, 11) is -2.16. The third-order valence-electron chi connectivity index (χ3n) is 5.02. The molecule has 2 aromatic carbocycles. The summed E-state index contributed by atoms with van der Waals surface area (Å²) < 4.78 is 26.1. The van der Waals surface area contributed by atoms with Crippen molar-refractivity contribution in [1.82, 2.24) is 9.62 Å². The van der Waals surface area contributed by atoms with Crippen molar-refractivity contribution >= 4 is 27.3 Å². The molecule has 0 saturated heterocycles. The highest BCUT2D eigenvalue weighted by atomic mass is 32.2. The summed E-state index contributed by atoms with van der Waals surface area (Å²) in [5.41, 5.74) is 2.73. The quantitative estimate of drug-likeness (QED) is 0.714. The molecule has 0 saturated carbocycles. The van der Waals surface area contributed by atoms with Gasteiger partial charge in [0.25, 0.3) is 5.91 Å². The number of fused-ring (bicyclic) bond motifs is 1. The van der Waals surface area contributed by atoms with Crippen LogP contribution in [-0.2, 0) is 16.4 Å². The zero-order valence-electron chi connectivity index (χ0n) is 15.3. The molecular weight excluding hydrogens is 392 g/mol. The molecule has 144 valence electrons. The Bertz CT molecular complexity index is 1090. The fourth-order valence-corrected chi connectivity index (χ4v) is 5.22. The van der Waals surface area contributed by atoms with Crippen molar-refractivity contribution in [3.63, 3.8) is 0 Å². The monoisotopic (exact) mass is 412 g/mol. The van der Waals surface area contributed by atoms with Crippen molar-refractivity contribution in [3.8, 4) is 0 Å². The Balaban J connectivity index is 1.70. The average Bonchev–Trinajstić information content (AvgIpc) is 3.22. The second kappa shape index (κ2) is 7.50. The van der Waals surface area contributed by atoms with Gasteiger partial charge in [-0.2, -0.15) is 0 Å². The number of nitrogens with one attached hydrogen (secondary N) is 1. The van der Waals surface area contributed by atoms with Crippen molar-refractivity contribution in [2.24, 2.45) is 0 Å². The van der Waals surface area contributed by atoms with Crippen LogP contribution in [0.1, 0.15) is 32.4 Å². The highest BCUT2D eigenvalue weighted by Gasteiger charge is 2.33. The number of sulfonamides is 1. The van der Waals surface area contributed by atoms with Crippen LogP contribution in [0.25, 0.3) is 0 Å². The number of hydrogen-bond acceptors (Lipinski definition) is 4. The van der Waals surface area contributed by atoms with Crippen LogP contribution in [0, 0.1) is 0 Å². The van der Waals surface area contributed by atoms with Gasteiger partial charge in [-0.25, -0.2) is 13.1 Å². The van der Waals surface area contributed by atoms with Crippen molar-refractivity contribution < 1.29 is 13.2 Å². The van der Waals surface area contributed by atoms with Crippen LogP contribution in [0.15, 0.2) is 70.9 Å². The average molecular weight is 413 g/mol. The van der Waals surface area contributed by atoms with Crippen molar-refractivity contribution in [1.29, 1.82) is 0 Å². The van der Waals surface area contributed by atoms with Gasteiger partial charge in [-0.15, -0.1) is 11.3 Å². The highest BCUT2D eigenvalue weighted by molar-refractivity contribution is 7.89. The van der Waals surface area contributed by atoms with E-state index in [9.17, 15) is 13.2 Å². The first kappa shape index (κ1) is 18.9. The molecule has 1 N–H and O–H groups in total. The minimum atomic E-state index is -3.53. The summed E-state index contributed by atoms with van der Waals surface area (Å²) in [5, 5.41) is 2.08. The van der Waals surface area contributed by atoms with E-state index in [4.69, 9.17) is 0 Å². The van der Waals surface area contributed by atoms with E-state index in [0.29, 0.717) is 12.1 Å². The molecule has 7 heteroatoms. The van der Waals surface area contributed by atoms with Crippen LogP contribution in [0.2, 0.25) is 0 Å². The number of thiophene rings is 1. The Morgan fingerprint density at radius 3 is 2.46 bits per heavy atom. The molecule has 1 atom stereocenters. The van der Waals surface area contributed by atoms with Gasteiger partial charge in [-0.3, -0.25) is 4.79 Å². The maximum absolute atomic E-state index is 13.3. The molecule has 1 amide bonds. The maximum atomic E-state index is 13.3. The van der Waals surface area contributed by atoms with Crippen LogP contribution >= 0.6 is 11.3 Å². The SMILES string of the molecule is CNS(=O)(=O)c1ccc(C(=O)N2CCc3sccc3C2c2ccccc2)cc1. The van der Waals surface area contributed by atoms with Gasteiger partial charge in [0.15, 0.2) is 0 Å². The zero-order chi connectivity index (χ0) is 19.7. The largest absolute Gasteiger partial charge is 0.327 e. The number of rotatable bonds is 4. The third kappa shape index (κ3) is 3.37. The number of amides is 1. The van der Waals surface area contributed by atoms with Crippen molar-refractivity contribution in [3.05, 3.63) is 87.6 Å². The number of carbonyl (C=O) groups is 1. The number of carbonyl (C=O) groups excluding carboxylic acids is 1. The Kier molecular flexibility index (Phi) is 5.05. The zero-order valence-corrected chi connectivity index (χ0v) is 17.0. The van der Waals surface area contributed by atoms with E-state index in [1.807, 2.05) is 35.2 Å². The van der Waals surface area contributed by atoms with E-state index in [-0.39, 0.29) is 16.8 Å². The minimum absolute atomic E-state index is 0.0980. The molecule has 1 aliphatic heterocycles. The Morgan fingerprint density at radius 2 is 1.79 bits per heavy atom. The number of benzene rings is 2. The maximum Gasteiger partial charge on any atom is 0.254 e. The summed E-state index contributed by atoms with van der Waals surface area (Å²) >= 11 is 1.73. The fraction of sp³-hybridized carbons (Fsp3) is 0.190. The molecule has 1 unspecified atom stereocenters. The third-order valence-corrected chi connectivity index (χ3v) is 7.45. The molecule has 3 aromatic rings. The van der Waals surface area contributed by atoms with E-state index in [1.54, 1.807) is 23.5 Å². The lowest BCUT2D eigenvalue weighted by Crippen LogP contribution is -2.40. The van der Waals surface area contributed by atoms with Gasteiger partial charge in [0, 0.05) is 17.0 Å². The van der Waals surface area contributed by atoms with Crippen LogP contribution in [0.4, 0.5) is 0 Å². The Morgan fingerprint density at radius 1 is 1.07 bits per heavy atom. The lowest BCUT2D eigenvalue weighted by molar-refractivity contribution is 0.0696. The topological polar surface area (TPSA) is 66.5 Å². The molecule has 1 aromatic heterocycles. The molecule has 0 radical (unpaired) electrons. The Labute approximate surface area is 168 Å². The fourth-order valence-electron chi connectivity index (χ4n) is 3.59. The highest BCUT2D eigenvalue weighted by Crippen LogP contribution is 2.38. The van der Waals surface area contributed by atoms with Crippen LogP contribution < -0.4 is 4.72 Å². The molecular formula is C21H20N2O3S2. The van der Waals surface area contributed by atoms with Gasteiger partial charge in [0.1, 0.15) is 0 Å². The summed E-state index contributed by atoms with van der Waals surface area (Å²) in [6.45, 7) is 0.627. The lowest BCUT2D eigenvalue weighted by Gasteiger charge is -2.36. The number of hydrogen-bond donors (Lipinski definition) is 1. The van der Waals surface area contributed by atoms with Crippen LogP contribution in [-0.4, -0.2) is 32.8 Å². The molecule has 2 heterocycles. The minimum Gasteiger partial charge on any atom is -0.327 e. The second-order valence-corrected chi connectivity index (χ2v) is 9.48. The predicted octanol–water partition coefficient (Wildman–Crippen LogP) is 3.44. The molecule has 0 spiro atoms. The van der Waals surface area contributed by atoms with Gasteiger partial charge in [0.05, 0.1) is 10.9 Å². The van der Waals surface area contributed by atoms with Gasteiger partial charge < -0.3 is 4.90 Å². The molecule has 0 fully saturated rings. The lowest BCUT2D eigenvalue weighted by atomic mass is 9.92. The van der Waals surface area contributed by atoms with Crippen LogP contribution in [0.3, 0.4) is 0 Å². The van der Waals surface area contributed by atoms with E-state index >= 15 is 0 Å². The van der Waals surface area contributed by atoms with Crippen molar-refractivity contribution in [2.75, 3.05) is 13.6 Å². The van der Waals surface area contributed by atoms with Crippen molar-refractivity contribution in [2.45, 2.75) is 17.4 Å². The van der Waals surface area contributed by atoms with E-state index in [0.717, 1.165) is 12.0 Å². The Hall–Kier alpha value is -2.48. The van der Waals surface area contributed by atoms with Gasteiger partial charge >= 0.3 is 0 Å². The first-order valence-electron chi connectivity index (χ1n) is 8.97. The summed E-state index contributed by atoms with van der Waals surface area (Å²) in [5.74, 6) is -0.0980. The van der Waals surface area contributed by atoms with Gasteiger partial charge in [-0.1, -0.05) is 30.3 Å². The van der Waals surface area contributed by atoms with E-state index in [2.05, 4.69) is 16.2 Å². The molecule has 4 rings (SSSR count). The molecule has 1 aliphatic rings. The first-order chi connectivity index (χ1) is 13.5. The predicted molar refractivity (Wildman–Crippen MR) is 110 cm³/mol. The normalized spacial score (nSPS) is 16.6. The van der Waals surface area contributed by atoms with E-state index in [1.165, 1.54) is 29.6 Å². The smallest absolute Gasteiger partial charge is 0.254 e. The van der Waals surface area contributed by atoms with Crippen LogP contribution in [0.5, 0.6) is 0 Å². The first-order valence-corrected chi connectivity index (χ1v) is 11.3. The summed E-state index contributed by atoms with van der Waals surface area (Å²) in [4.78, 5) is 16.6. The summed E-state index contributed by atoms with van der Waals surface area (Å²) in [6.07, 6.45) is 0.828. The molecule has 0 bridgehead atoms. The second-order valence-electron chi connectivity index (χ2n) is 6.59. The standard InChI is InChI=1S/C21H20N2O3S2/c1-22-28(25,26)17-9-7-16(8-10-17)21(24)23-13-11-19-18(12-14-27-19)20(23)15-5-3-2-4-6-15/h2-10,12,14,20,22H,11,13H2,1H3.